The lowest BCUT2D eigenvalue weighted by atomic mass is 10.1. The smallest absolute Gasteiger partial charge is 0.258 e. The van der Waals surface area contributed by atoms with Gasteiger partial charge in [-0.1, -0.05) is 6.07 Å². The lowest BCUT2D eigenvalue weighted by molar-refractivity contribution is 0.102. The molecular weight excluding hydrogens is 294 g/mol. The van der Waals surface area contributed by atoms with Crippen LogP contribution < -0.4 is 5.32 Å². The van der Waals surface area contributed by atoms with Gasteiger partial charge < -0.3 is 5.32 Å². The van der Waals surface area contributed by atoms with Crippen molar-refractivity contribution in [3.8, 4) is 0 Å². The first kappa shape index (κ1) is 12.7. The van der Waals surface area contributed by atoms with Crippen LogP contribution in [0.4, 0.5) is 5.69 Å². The fourth-order valence-electron chi connectivity index (χ4n) is 1.68. The third-order valence-corrected chi connectivity index (χ3v) is 3.12. The third kappa shape index (κ3) is 2.73. The van der Waals surface area contributed by atoms with Gasteiger partial charge in [0.1, 0.15) is 6.33 Å². The SMILES string of the molecule is Cc1cc(C)c(NC(=O)c2cncnc2)c(Br)c1. The highest BCUT2D eigenvalue weighted by Crippen LogP contribution is 2.28. The number of aryl methyl sites for hydroxylation is 2. The van der Waals surface area contributed by atoms with Crippen LogP contribution >= 0.6 is 15.9 Å². The Morgan fingerprint density at radius 1 is 1.22 bits per heavy atom. The minimum atomic E-state index is -0.219. The van der Waals surface area contributed by atoms with Crippen LogP contribution in [0, 0.1) is 13.8 Å². The van der Waals surface area contributed by atoms with Gasteiger partial charge in [-0.05, 0) is 47.0 Å². The Morgan fingerprint density at radius 3 is 2.50 bits per heavy atom. The van der Waals surface area contributed by atoms with Crippen LogP contribution in [0.2, 0.25) is 0 Å². The van der Waals surface area contributed by atoms with Crippen molar-refractivity contribution in [2.75, 3.05) is 5.32 Å². The van der Waals surface area contributed by atoms with E-state index in [-0.39, 0.29) is 5.91 Å². The first-order chi connectivity index (χ1) is 8.58. The van der Waals surface area contributed by atoms with Crippen molar-refractivity contribution in [2.24, 2.45) is 0 Å². The van der Waals surface area contributed by atoms with Crippen LogP contribution in [0.5, 0.6) is 0 Å². The summed E-state index contributed by atoms with van der Waals surface area (Å²) in [6, 6.07) is 3.98. The summed E-state index contributed by atoms with van der Waals surface area (Å²) in [5.74, 6) is -0.219. The van der Waals surface area contributed by atoms with Crippen LogP contribution in [0.1, 0.15) is 21.5 Å². The number of aromatic nitrogens is 2. The zero-order valence-corrected chi connectivity index (χ0v) is 11.7. The van der Waals surface area contributed by atoms with Crippen molar-refractivity contribution in [1.29, 1.82) is 0 Å². The van der Waals surface area contributed by atoms with Gasteiger partial charge in [0.2, 0.25) is 0 Å². The van der Waals surface area contributed by atoms with E-state index in [0.717, 1.165) is 21.3 Å². The van der Waals surface area contributed by atoms with E-state index in [4.69, 9.17) is 0 Å². The van der Waals surface area contributed by atoms with Crippen LogP contribution in [0.15, 0.2) is 35.3 Å². The maximum absolute atomic E-state index is 12.0. The molecule has 0 aliphatic carbocycles. The largest absolute Gasteiger partial charge is 0.321 e. The molecule has 18 heavy (non-hydrogen) atoms. The van der Waals surface area contributed by atoms with Crippen molar-refractivity contribution < 1.29 is 4.79 Å². The van der Waals surface area contributed by atoms with Gasteiger partial charge in [0.15, 0.2) is 0 Å². The molecule has 2 aromatic rings. The molecule has 0 saturated heterocycles. The highest BCUT2D eigenvalue weighted by Gasteiger charge is 2.11. The molecule has 0 spiro atoms. The van der Waals surface area contributed by atoms with E-state index in [9.17, 15) is 4.79 Å². The molecule has 1 heterocycles. The molecule has 0 saturated carbocycles. The predicted molar refractivity (Wildman–Crippen MR) is 73.6 cm³/mol. The van der Waals surface area contributed by atoms with Gasteiger partial charge in [-0.25, -0.2) is 9.97 Å². The van der Waals surface area contributed by atoms with Gasteiger partial charge in [-0.15, -0.1) is 0 Å². The summed E-state index contributed by atoms with van der Waals surface area (Å²) in [7, 11) is 0. The normalized spacial score (nSPS) is 10.2. The molecule has 0 atom stereocenters. The molecule has 0 aliphatic rings. The predicted octanol–water partition coefficient (Wildman–Crippen LogP) is 3.11. The Labute approximate surface area is 114 Å². The molecule has 4 nitrogen and oxygen atoms in total. The molecule has 1 aromatic carbocycles. The Hall–Kier alpha value is -1.75. The highest BCUT2D eigenvalue weighted by atomic mass is 79.9. The number of nitrogens with one attached hydrogen (secondary N) is 1. The first-order valence-corrected chi connectivity index (χ1v) is 6.20. The summed E-state index contributed by atoms with van der Waals surface area (Å²) in [5.41, 5.74) is 3.35. The number of anilines is 1. The van der Waals surface area contributed by atoms with Gasteiger partial charge >= 0.3 is 0 Å². The summed E-state index contributed by atoms with van der Waals surface area (Å²) in [5, 5.41) is 2.86. The Morgan fingerprint density at radius 2 is 1.89 bits per heavy atom. The van der Waals surface area contributed by atoms with Crippen molar-refractivity contribution in [3.05, 3.63) is 52.0 Å². The maximum Gasteiger partial charge on any atom is 0.258 e. The van der Waals surface area contributed by atoms with Crippen LogP contribution in [0.3, 0.4) is 0 Å². The van der Waals surface area contributed by atoms with Crippen LogP contribution in [-0.4, -0.2) is 15.9 Å². The summed E-state index contributed by atoms with van der Waals surface area (Å²) in [4.78, 5) is 19.6. The van der Waals surface area contributed by atoms with Crippen LogP contribution in [-0.2, 0) is 0 Å². The Balaban J connectivity index is 2.28. The lowest BCUT2D eigenvalue weighted by Crippen LogP contribution is -2.13. The van der Waals surface area contributed by atoms with E-state index in [0.29, 0.717) is 5.56 Å². The molecule has 1 N–H and O–H groups in total. The zero-order chi connectivity index (χ0) is 13.1. The van der Waals surface area contributed by atoms with Gasteiger partial charge in [-0.3, -0.25) is 4.79 Å². The fraction of sp³-hybridized carbons (Fsp3) is 0.154. The third-order valence-electron chi connectivity index (χ3n) is 2.49. The molecule has 1 amide bonds. The molecule has 1 aromatic heterocycles. The number of carbonyl (C=O) groups is 1. The van der Waals surface area contributed by atoms with E-state index < -0.39 is 0 Å². The molecule has 0 unspecified atom stereocenters. The van der Waals surface area contributed by atoms with Crippen molar-refractivity contribution >= 4 is 27.5 Å². The zero-order valence-electron chi connectivity index (χ0n) is 10.1. The number of amides is 1. The summed E-state index contributed by atoms with van der Waals surface area (Å²) >= 11 is 3.45. The Kier molecular flexibility index (Phi) is 3.72. The van der Waals surface area contributed by atoms with E-state index in [1.165, 1.54) is 18.7 Å². The lowest BCUT2D eigenvalue weighted by Gasteiger charge is -2.11. The van der Waals surface area contributed by atoms with Crippen molar-refractivity contribution in [2.45, 2.75) is 13.8 Å². The van der Waals surface area contributed by atoms with Crippen LogP contribution in [0.25, 0.3) is 0 Å². The molecular formula is C13H12BrN3O. The standard InChI is InChI=1S/C13H12BrN3O/c1-8-3-9(2)12(11(14)4-8)17-13(18)10-5-15-7-16-6-10/h3-7H,1-2H3,(H,17,18). The fourth-order valence-corrected chi connectivity index (χ4v) is 2.45. The number of nitrogens with zero attached hydrogens (tertiary/aromatic N) is 2. The maximum atomic E-state index is 12.0. The molecule has 92 valence electrons. The van der Waals surface area contributed by atoms with Gasteiger partial charge in [0, 0.05) is 16.9 Å². The minimum Gasteiger partial charge on any atom is -0.321 e. The van der Waals surface area contributed by atoms with Gasteiger partial charge in [0.25, 0.3) is 5.91 Å². The molecule has 0 fully saturated rings. The summed E-state index contributed by atoms with van der Waals surface area (Å²) in [6.45, 7) is 3.96. The second-order valence-corrected chi connectivity index (χ2v) is 4.87. The average molecular weight is 306 g/mol. The Bertz CT molecular complexity index is 561. The van der Waals surface area contributed by atoms with Gasteiger partial charge in [-0.2, -0.15) is 0 Å². The molecule has 0 radical (unpaired) electrons. The monoisotopic (exact) mass is 305 g/mol. The topological polar surface area (TPSA) is 54.9 Å². The van der Waals surface area contributed by atoms with Crippen molar-refractivity contribution in [1.82, 2.24) is 9.97 Å². The molecule has 0 bridgehead atoms. The number of rotatable bonds is 2. The number of halogens is 1. The number of hydrogen-bond acceptors (Lipinski definition) is 3. The van der Waals surface area contributed by atoms with E-state index in [1.807, 2.05) is 26.0 Å². The van der Waals surface area contributed by atoms with E-state index in [1.54, 1.807) is 0 Å². The molecule has 5 heteroatoms. The average Bonchev–Trinajstić information content (AvgIpc) is 2.34. The van der Waals surface area contributed by atoms with Gasteiger partial charge in [0.05, 0.1) is 11.3 Å². The first-order valence-electron chi connectivity index (χ1n) is 5.41. The quantitative estimate of drug-likeness (QED) is 0.927. The number of hydrogen-bond donors (Lipinski definition) is 1. The second kappa shape index (κ2) is 5.27. The minimum absolute atomic E-state index is 0.219. The second-order valence-electron chi connectivity index (χ2n) is 4.02. The molecule has 0 aliphatic heterocycles. The summed E-state index contributed by atoms with van der Waals surface area (Å²) < 4.78 is 0.866. The molecule has 2 rings (SSSR count). The number of carbonyl (C=O) groups excluding carboxylic acids is 1. The van der Waals surface area contributed by atoms with E-state index >= 15 is 0 Å². The number of benzene rings is 1. The van der Waals surface area contributed by atoms with E-state index in [2.05, 4.69) is 31.2 Å². The van der Waals surface area contributed by atoms with Crippen molar-refractivity contribution in [3.63, 3.8) is 0 Å². The highest BCUT2D eigenvalue weighted by molar-refractivity contribution is 9.10. The summed E-state index contributed by atoms with van der Waals surface area (Å²) in [6.07, 6.45) is 4.36.